The van der Waals surface area contributed by atoms with Crippen molar-refractivity contribution in [1.82, 2.24) is 0 Å². The first-order valence-corrected chi connectivity index (χ1v) is 5.87. The van der Waals surface area contributed by atoms with Crippen molar-refractivity contribution < 1.29 is 22.0 Å². The zero-order valence-corrected chi connectivity index (χ0v) is 10.9. The minimum absolute atomic E-state index is 0.209. The largest absolute Gasteiger partial charge is 0.271 e. The maximum atomic E-state index is 13.4. The molecule has 0 radical (unpaired) electrons. The monoisotopic (exact) mass is 320 g/mol. The van der Waals surface area contributed by atoms with E-state index in [4.69, 9.17) is 11.6 Å². The van der Waals surface area contributed by atoms with Gasteiger partial charge in [-0.1, -0.05) is 41.9 Å². The topological polar surface area (TPSA) is 24.4 Å². The van der Waals surface area contributed by atoms with E-state index in [-0.39, 0.29) is 5.17 Å². The number of nitrogens with one attached hydrogen (secondary N) is 1. The molecule has 21 heavy (non-hydrogen) atoms. The summed E-state index contributed by atoms with van der Waals surface area (Å²) >= 11 is 5.75. The highest BCUT2D eigenvalue weighted by Gasteiger charge is 2.25. The Morgan fingerprint density at radius 3 is 1.81 bits per heavy atom. The third-order valence-electron chi connectivity index (χ3n) is 2.49. The average Bonchev–Trinajstić information content (AvgIpc) is 2.51. The molecule has 0 atom stereocenters. The second-order valence-corrected chi connectivity index (χ2v) is 4.18. The fourth-order valence-corrected chi connectivity index (χ4v) is 1.62. The molecular weight excluding hydrogens is 315 g/mol. The number of benzene rings is 2. The van der Waals surface area contributed by atoms with Gasteiger partial charge in [0.1, 0.15) is 5.69 Å². The minimum Gasteiger partial charge on any atom is -0.271 e. The Kier molecular flexibility index (Phi) is 4.42. The van der Waals surface area contributed by atoms with Crippen LogP contribution in [0.1, 0.15) is 5.56 Å². The summed E-state index contributed by atoms with van der Waals surface area (Å²) in [4.78, 5) is 0. The standard InChI is InChI=1S/C13H6ClF5N2/c14-13(6-4-2-1-3-5-6)21-20-12-10(18)8(16)7(15)9(17)11(12)19/h1-5,20H/b21-13-. The lowest BCUT2D eigenvalue weighted by Crippen LogP contribution is -2.07. The molecule has 0 fully saturated rings. The lowest BCUT2D eigenvalue weighted by molar-refractivity contribution is 0.381. The number of anilines is 1. The maximum Gasteiger partial charge on any atom is 0.200 e. The van der Waals surface area contributed by atoms with Crippen LogP contribution in [0.15, 0.2) is 35.4 Å². The molecular formula is C13H6ClF5N2. The molecule has 1 N–H and O–H groups in total. The van der Waals surface area contributed by atoms with Crippen molar-refractivity contribution >= 4 is 22.5 Å². The van der Waals surface area contributed by atoms with Gasteiger partial charge in [0.2, 0.25) is 5.82 Å². The highest BCUT2D eigenvalue weighted by molar-refractivity contribution is 6.69. The van der Waals surface area contributed by atoms with Gasteiger partial charge >= 0.3 is 0 Å². The summed E-state index contributed by atoms with van der Waals surface area (Å²) in [7, 11) is 0. The van der Waals surface area contributed by atoms with Gasteiger partial charge in [-0.3, -0.25) is 5.43 Å². The molecule has 0 aliphatic heterocycles. The van der Waals surface area contributed by atoms with Crippen LogP contribution in [0.25, 0.3) is 0 Å². The third kappa shape index (κ3) is 2.97. The van der Waals surface area contributed by atoms with Crippen molar-refractivity contribution in [3.63, 3.8) is 0 Å². The Labute approximate surface area is 120 Å². The molecule has 2 aromatic rings. The van der Waals surface area contributed by atoms with Gasteiger partial charge in [-0.25, -0.2) is 22.0 Å². The highest BCUT2D eigenvalue weighted by Crippen LogP contribution is 2.27. The summed E-state index contributed by atoms with van der Waals surface area (Å²) in [5.74, 6) is -10.4. The molecule has 0 aliphatic carbocycles. The van der Waals surface area contributed by atoms with Gasteiger partial charge in [0.05, 0.1) is 0 Å². The zero-order valence-electron chi connectivity index (χ0n) is 10.1. The van der Waals surface area contributed by atoms with E-state index in [9.17, 15) is 22.0 Å². The molecule has 0 saturated heterocycles. The van der Waals surface area contributed by atoms with E-state index in [2.05, 4.69) is 5.10 Å². The molecule has 0 saturated carbocycles. The maximum absolute atomic E-state index is 13.4. The molecule has 0 aliphatic rings. The highest BCUT2D eigenvalue weighted by atomic mass is 35.5. The van der Waals surface area contributed by atoms with Gasteiger partial charge in [-0.05, 0) is 0 Å². The van der Waals surface area contributed by atoms with Crippen LogP contribution in [-0.2, 0) is 0 Å². The molecule has 0 unspecified atom stereocenters. The first kappa shape index (κ1) is 15.2. The van der Waals surface area contributed by atoms with Crippen LogP contribution in [-0.4, -0.2) is 5.17 Å². The molecule has 8 heteroatoms. The quantitative estimate of drug-likeness (QED) is 0.293. The van der Waals surface area contributed by atoms with E-state index in [0.717, 1.165) is 0 Å². The minimum atomic E-state index is -2.24. The Hall–Kier alpha value is -2.15. The summed E-state index contributed by atoms with van der Waals surface area (Å²) in [6.45, 7) is 0. The normalized spacial score (nSPS) is 11.6. The van der Waals surface area contributed by atoms with Gasteiger partial charge in [-0.2, -0.15) is 5.10 Å². The van der Waals surface area contributed by atoms with Crippen LogP contribution < -0.4 is 5.43 Å². The van der Waals surface area contributed by atoms with E-state index in [1.807, 2.05) is 0 Å². The zero-order chi connectivity index (χ0) is 15.6. The molecule has 0 spiro atoms. The second kappa shape index (κ2) is 6.09. The average molecular weight is 321 g/mol. The molecule has 0 bridgehead atoms. The predicted molar refractivity (Wildman–Crippen MR) is 68.7 cm³/mol. The molecule has 0 amide bonds. The van der Waals surface area contributed by atoms with Crippen molar-refractivity contribution in [1.29, 1.82) is 0 Å². The molecule has 0 aromatic heterocycles. The third-order valence-corrected chi connectivity index (χ3v) is 2.79. The van der Waals surface area contributed by atoms with Crippen molar-refractivity contribution in [2.45, 2.75) is 0 Å². The lowest BCUT2D eigenvalue weighted by Gasteiger charge is -2.07. The van der Waals surface area contributed by atoms with Crippen LogP contribution in [0.3, 0.4) is 0 Å². The lowest BCUT2D eigenvalue weighted by atomic mass is 10.2. The summed E-state index contributed by atoms with van der Waals surface area (Å²) in [5, 5.41) is 3.19. The first-order valence-electron chi connectivity index (χ1n) is 5.49. The van der Waals surface area contributed by atoms with Crippen LogP contribution in [0.2, 0.25) is 0 Å². The summed E-state index contributed by atoms with van der Waals surface area (Å²) in [6, 6.07) is 8.06. The van der Waals surface area contributed by atoms with Gasteiger partial charge in [-0.15, -0.1) is 0 Å². The summed E-state index contributed by atoms with van der Waals surface area (Å²) in [6.07, 6.45) is 0. The van der Waals surface area contributed by atoms with Gasteiger partial charge < -0.3 is 0 Å². The van der Waals surface area contributed by atoms with Crippen LogP contribution >= 0.6 is 11.6 Å². The van der Waals surface area contributed by atoms with Crippen LogP contribution in [0.4, 0.5) is 27.6 Å². The number of halogens is 6. The number of hydrogen-bond donors (Lipinski definition) is 1. The molecule has 2 aromatic carbocycles. The van der Waals surface area contributed by atoms with E-state index in [1.165, 1.54) is 0 Å². The Balaban J connectivity index is 2.37. The van der Waals surface area contributed by atoms with E-state index in [1.54, 1.807) is 35.8 Å². The molecule has 0 heterocycles. The predicted octanol–water partition coefficient (Wildman–Crippen LogP) is 4.39. The SMILES string of the molecule is Fc1c(F)c(F)c(N/N=C(\Cl)c2ccccc2)c(F)c1F. The molecule has 2 rings (SSSR count). The van der Waals surface area contributed by atoms with Crippen molar-refractivity contribution in [2.75, 3.05) is 5.43 Å². The Morgan fingerprint density at radius 1 is 0.810 bits per heavy atom. The fraction of sp³-hybridized carbons (Fsp3) is 0. The summed E-state index contributed by atoms with van der Waals surface area (Å²) in [5.41, 5.74) is 0.869. The summed E-state index contributed by atoms with van der Waals surface area (Å²) < 4.78 is 65.5. The fourth-order valence-electron chi connectivity index (χ4n) is 1.45. The van der Waals surface area contributed by atoms with E-state index >= 15 is 0 Å². The number of nitrogens with zero attached hydrogens (tertiary/aromatic N) is 1. The first-order chi connectivity index (χ1) is 9.93. The molecule has 110 valence electrons. The number of hydrogen-bond acceptors (Lipinski definition) is 2. The van der Waals surface area contributed by atoms with Gasteiger partial charge in [0.25, 0.3) is 0 Å². The van der Waals surface area contributed by atoms with Crippen LogP contribution in [0, 0.1) is 29.1 Å². The molecule has 2 nitrogen and oxygen atoms in total. The number of hydrazone groups is 1. The van der Waals surface area contributed by atoms with Crippen molar-refractivity contribution in [2.24, 2.45) is 5.10 Å². The van der Waals surface area contributed by atoms with Crippen molar-refractivity contribution in [3.8, 4) is 0 Å². The second-order valence-electron chi connectivity index (χ2n) is 3.83. The van der Waals surface area contributed by atoms with E-state index in [0.29, 0.717) is 5.56 Å². The number of rotatable bonds is 3. The smallest absolute Gasteiger partial charge is 0.200 e. The van der Waals surface area contributed by atoms with Gasteiger partial charge in [0.15, 0.2) is 28.4 Å². The van der Waals surface area contributed by atoms with E-state index < -0.39 is 34.8 Å². The Morgan fingerprint density at radius 2 is 1.29 bits per heavy atom. The van der Waals surface area contributed by atoms with Crippen LogP contribution in [0.5, 0.6) is 0 Å². The van der Waals surface area contributed by atoms with Gasteiger partial charge in [0, 0.05) is 5.56 Å². The van der Waals surface area contributed by atoms with Crippen molar-refractivity contribution in [3.05, 3.63) is 65.0 Å². The Bertz CT molecular complexity index is 674.